The number of hydrogen-bond donors (Lipinski definition) is 1. The lowest BCUT2D eigenvalue weighted by atomic mass is 9.58. The first kappa shape index (κ1) is 28.1. The van der Waals surface area contributed by atoms with Gasteiger partial charge in [-0.3, -0.25) is 4.55 Å². The van der Waals surface area contributed by atoms with Crippen LogP contribution in [-0.2, 0) is 15.5 Å². The van der Waals surface area contributed by atoms with Crippen molar-refractivity contribution in [2.75, 3.05) is 0 Å². The Morgan fingerprint density at radius 2 is 1.73 bits per heavy atom. The Morgan fingerprint density at radius 3 is 2.22 bits per heavy atom. The summed E-state index contributed by atoms with van der Waals surface area (Å²) < 4.78 is 44.0. The summed E-state index contributed by atoms with van der Waals surface area (Å²) >= 11 is 7.39. The number of aryl methyl sites for hydroxylation is 1. The summed E-state index contributed by atoms with van der Waals surface area (Å²) in [6.45, 7) is 13.9. The summed E-state index contributed by atoms with van der Waals surface area (Å²) in [6, 6.07) is 9.90. The van der Waals surface area contributed by atoms with Crippen molar-refractivity contribution in [1.29, 1.82) is 0 Å². The van der Waals surface area contributed by atoms with E-state index in [1.165, 1.54) is 0 Å². The molecule has 3 atom stereocenters. The van der Waals surface area contributed by atoms with Crippen LogP contribution in [-0.4, -0.2) is 33.3 Å². The first-order valence-electron chi connectivity index (χ1n) is 13.2. The van der Waals surface area contributed by atoms with Gasteiger partial charge in [0.05, 0.1) is 16.0 Å². The molecule has 0 aliphatic heterocycles. The number of aromatic nitrogens is 2. The molecule has 0 amide bonds. The van der Waals surface area contributed by atoms with Gasteiger partial charge in [0.25, 0.3) is 10.1 Å². The number of alkyl halides is 1. The zero-order chi connectivity index (χ0) is 27.3. The highest BCUT2D eigenvalue weighted by molar-refractivity contribution is 7.86. The number of benzene rings is 1. The normalized spacial score (nSPS) is 26.9. The molecule has 6 nitrogen and oxygen atoms in total. The van der Waals surface area contributed by atoms with Crippen molar-refractivity contribution in [2.45, 2.75) is 89.2 Å². The predicted octanol–water partition coefficient (Wildman–Crippen LogP) is 6.84. The fraction of sp³-hybridized carbons (Fsp3) is 0.586. The third kappa shape index (κ3) is 4.83. The molecule has 0 bridgehead atoms. The van der Waals surface area contributed by atoms with Crippen molar-refractivity contribution in [3.63, 3.8) is 0 Å². The highest BCUT2D eigenvalue weighted by Gasteiger charge is 2.62. The maximum Gasteiger partial charge on any atom is 0.273 e. The summed E-state index contributed by atoms with van der Waals surface area (Å²) in [7, 11) is -4.59. The van der Waals surface area contributed by atoms with Gasteiger partial charge < -0.3 is 4.74 Å². The van der Waals surface area contributed by atoms with E-state index in [1.807, 2.05) is 58.9 Å². The Balaban J connectivity index is 2.14. The van der Waals surface area contributed by atoms with Crippen molar-refractivity contribution < 1.29 is 17.7 Å². The Bertz CT molecular complexity index is 1290. The molecule has 0 saturated heterocycles. The minimum atomic E-state index is -4.59. The maximum absolute atomic E-state index is 13.1. The van der Waals surface area contributed by atoms with Gasteiger partial charge in [0.15, 0.2) is 0 Å². The highest BCUT2D eigenvalue weighted by atomic mass is 35.5. The molecule has 3 unspecified atom stereocenters. The lowest BCUT2D eigenvalue weighted by Gasteiger charge is -2.53. The topological polar surface area (TPSA) is 89.4 Å². The van der Waals surface area contributed by atoms with Crippen LogP contribution in [0.5, 0.6) is 5.75 Å². The van der Waals surface area contributed by atoms with Crippen LogP contribution in [0.15, 0.2) is 47.9 Å². The highest BCUT2D eigenvalue weighted by Crippen LogP contribution is 2.59. The fourth-order valence-corrected chi connectivity index (χ4v) is 8.22. The molecule has 1 aromatic carbocycles. The molecule has 202 valence electrons. The molecule has 37 heavy (non-hydrogen) atoms. The van der Waals surface area contributed by atoms with Crippen LogP contribution in [0.3, 0.4) is 0 Å². The Kier molecular flexibility index (Phi) is 7.56. The van der Waals surface area contributed by atoms with Crippen LogP contribution in [0.1, 0.15) is 83.5 Å². The van der Waals surface area contributed by atoms with Gasteiger partial charge in [0.2, 0.25) is 0 Å². The molecule has 2 aliphatic carbocycles. The lowest BCUT2D eigenvalue weighted by molar-refractivity contribution is 0.159. The quantitative estimate of drug-likeness (QED) is 0.288. The molecule has 2 aliphatic rings. The molecule has 8 heteroatoms. The van der Waals surface area contributed by atoms with Crippen molar-refractivity contribution in [1.82, 2.24) is 10.2 Å². The number of para-hydroxylation sites is 1. The second-order valence-electron chi connectivity index (χ2n) is 11.7. The van der Waals surface area contributed by atoms with Crippen LogP contribution >= 0.6 is 11.6 Å². The third-order valence-electron chi connectivity index (χ3n) is 8.29. The van der Waals surface area contributed by atoms with Crippen LogP contribution < -0.4 is 4.74 Å². The van der Waals surface area contributed by atoms with Crippen molar-refractivity contribution in [3.05, 3.63) is 64.7 Å². The van der Waals surface area contributed by atoms with Crippen molar-refractivity contribution >= 4 is 21.7 Å². The summed E-state index contributed by atoms with van der Waals surface area (Å²) in [6.07, 6.45) is 4.04. The summed E-state index contributed by atoms with van der Waals surface area (Å²) in [5, 5.41) is 7.42. The predicted molar refractivity (Wildman–Crippen MR) is 148 cm³/mol. The zero-order valence-electron chi connectivity index (χ0n) is 22.8. The van der Waals surface area contributed by atoms with E-state index in [4.69, 9.17) is 16.3 Å². The molecule has 1 saturated carbocycles. The molecule has 1 fully saturated rings. The average Bonchev–Trinajstić information content (AvgIpc) is 3.65. The van der Waals surface area contributed by atoms with E-state index in [0.717, 1.165) is 29.7 Å². The molecular weight excluding hydrogens is 508 g/mol. The molecule has 1 aromatic heterocycles. The van der Waals surface area contributed by atoms with E-state index in [-0.39, 0.29) is 24.2 Å². The largest absolute Gasteiger partial charge is 0.460 e. The van der Waals surface area contributed by atoms with E-state index in [2.05, 4.69) is 30.1 Å². The van der Waals surface area contributed by atoms with Crippen molar-refractivity contribution in [2.24, 2.45) is 17.8 Å². The summed E-state index contributed by atoms with van der Waals surface area (Å²) in [5.41, 5.74) is 2.42. The van der Waals surface area contributed by atoms with Crippen LogP contribution in [0.2, 0.25) is 0 Å². The number of nitrogens with zero attached hydrogens (tertiary/aromatic N) is 2. The van der Waals surface area contributed by atoms with E-state index in [0.29, 0.717) is 22.9 Å². The Hall–Kier alpha value is -1.96. The zero-order valence-corrected chi connectivity index (χ0v) is 24.4. The molecule has 1 heterocycles. The smallest absolute Gasteiger partial charge is 0.273 e. The number of halogens is 1. The van der Waals surface area contributed by atoms with Gasteiger partial charge in [0, 0.05) is 6.20 Å². The molecule has 2 aromatic rings. The number of hydrogen-bond acceptors (Lipinski definition) is 5. The van der Waals surface area contributed by atoms with E-state index in [1.54, 1.807) is 6.20 Å². The summed E-state index contributed by atoms with van der Waals surface area (Å²) in [4.78, 5) is -1.30. The molecule has 0 spiro atoms. The van der Waals surface area contributed by atoms with Gasteiger partial charge >= 0.3 is 0 Å². The number of rotatable bonds is 8. The van der Waals surface area contributed by atoms with Gasteiger partial charge in [-0.25, -0.2) is 0 Å². The minimum Gasteiger partial charge on any atom is -0.460 e. The second-order valence-corrected chi connectivity index (χ2v) is 13.9. The van der Waals surface area contributed by atoms with Gasteiger partial charge in [-0.15, -0.1) is 11.6 Å². The average molecular weight is 547 g/mol. The Labute approximate surface area is 226 Å². The number of ether oxygens (including phenoxy) is 1. The molecule has 4 rings (SSSR count). The first-order valence-corrected chi connectivity index (χ1v) is 15.1. The third-order valence-corrected chi connectivity index (χ3v) is 10.5. The molecule has 0 radical (unpaired) electrons. The van der Waals surface area contributed by atoms with E-state index < -0.39 is 25.7 Å². The van der Waals surface area contributed by atoms with Gasteiger partial charge in [0.1, 0.15) is 16.8 Å². The maximum atomic E-state index is 13.1. The molecule has 1 N–H and O–H groups in total. The monoisotopic (exact) mass is 546 g/mol. The lowest BCUT2D eigenvalue weighted by Crippen LogP contribution is -2.59. The molecular formula is C29H39ClN2O4S. The van der Waals surface area contributed by atoms with Crippen LogP contribution in [0, 0.1) is 24.7 Å². The van der Waals surface area contributed by atoms with Gasteiger partial charge in [-0.2, -0.15) is 18.6 Å². The van der Waals surface area contributed by atoms with Crippen molar-refractivity contribution in [3.8, 4) is 5.75 Å². The van der Waals surface area contributed by atoms with Gasteiger partial charge in [-0.05, 0) is 78.7 Å². The Morgan fingerprint density at radius 1 is 1.05 bits per heavy atom. The fourth-order valence-electron chi connectivity index (χ4n) is 6.01. The van der Waals surface area contributed by atoms with Gasteiger partial charge in [-0.1, -0.05) is 59.7 Å². The van der Waals surface area contributed by atoms with Crippen LogP contribution in [0.25, 0.3) is 0 Å². The first-order chi connectivity index (χ1) is 17.2. The summed E-state index contributed by atoms with van der Waals surface area (Å²) in [5.74, 6) is 1.09. The standard InChI is InChI=1S/C29H39ClN2O4S/c1-17(2)24-26(36-25-20(7)10-8-11-22(25)21-13-14-21)28(18(3)4,23-12-9-15-31-32-23)16-29(30,19(5)6)27(24)37(33,34)35/h8-12,15,17-19,21,27H,13-14,16H2,1-7H3,(H,33,34,35). The van der Waals surface area contributed by atoms with E-state index >= 15 is 0 Å². The minimum absolute atomic E-state index is 0.0689. The van der Waals surface area contributed by atoms with E-state index in [9.17, 15) is 13.0 Å². The SMILES string of the molecule is Cc1cccc(C2CC2)c1OC1=C(C(C)C)C(S(=O)(=O)O)C(Cl)(C(C)C)CC1(c1cccnn1)C(C)C. The number of allylic oxidation sites excluding steroid dienone is 1. The van der Waals surface area contributed by atoms with Crippen LogP contribution in [0.4, 0.5) is 0 Å². The second kappa shape index (κ2) is 9.97.